The van der Waals surface area contributed by atoms with Crippen molar-refractivity contribution >= 4 is 49.5 Å². The molecule has 122 valence electrons. The molecule has 0 spiro atoms. The fourth-order valence-corrected chi connectivity index (χ4v) is 2.99. The van der Waals surface area contributed by atoms with Crippen LogP contribution in [0.2, 0.25) is 0 Å². The standard InChI is InChI=1S/C13H18Br2N4O3/c1-4-17-19(13(21)22-3)18(5-2)12(20)9-6-8(14)7-10(15)11(9)16/h6-7,17H,4-5,16H2,1-3H3. The van der Waals surface area contributed by atoms with E-state index in [0.717, 1.165) is 5.12 Å². The van der Waals surface area contributed by atoms with Gasteiger partial charge in [-0.15, -0.1) is 5.12 Å². The Bertz CT molecular complexity index is 568. The van der Waals surface area contributed by atoms with Crippen molar-refractivity contribution in [1.82, 2.24) is 15.6 Å². The van der Waals surface area contributed by atoms with Crippen molar-refractivity contribution in [2.75, 3.05) is 25.9 Å². The molecule has 0 unspecified atom stereocenters. The number of nitrogens with two attached hydrogens (primary N) is 1. The number of carbonyl (C=O) groups is 2. The maximum Gasteiger partial charge on any atom is 0.443 e. The molecule has 3 N–H and O–H groups in total. The van der Waals surface area contributed by atoms with Gasteiger partial charge in [-0.3, -0.25) is 4.79 Å². The van der Waals surface area contributed by atoms with Gasteiger partial charge in [0.15, 0.2) is 0 Å². The Morgan fingerprint density at radius 2 is 1.95 bits per heavy atom. The number of carbonyl (C=O) groups excluding carboxylic acids is 2. The highest BCUT2D eigenvalue weighted by atomic mass is 79.9. The molecule has 1 aromatic carbocycles. The van der Waals surface area contributed by atoms with E-state index in [9.17, 15) is 9.59 Å². The number of hydrogen-bond acceptors (Lipinski definition) is 5. The van der Waals surface area contributed by atoms with E-state index in [1.54, 1.807) is 26.0 Å². The van der Waals surface area contributed by atoms with Crippen LogP contribution in [-0.4, -0.2) is 42.3 Å². The minimum absolute atomic E-state index is 0.254. The monoisotopic (exact) mass is 436 g/mol. The van der Waals surface area contributed by atoms with Crippen LogP contribution in [0, 0.1) is 0 Å². The molecule has 0 radical (unpaired) electrons. The van der Waals surface area contributed by atoms with Crippen molar-refractivity contribution in [3.63, 3.8) is 0 Å². The minimum Gasteiger partial charge on any atom is -0.451 e. The summed E-state index contributed by atoms with van der Waals surface area (Å²) in [6.07, 6.45) is -0.690. The molecule has 2 amide bonds. The average Bonchev–Trinajstić information content (AvgIpc) is 2.49. The zero-order valence-corrected chi connectivity index (χ0v) is 15.7. The van der Waals surface area contributed by atoms with Crippen LogP contribution in [0.4, 0.5) is 10.5 Å². The summed E-state index contributed by atoms with van der Waals surface area (Å²) in [5, 5.41) is 2.26. The first-order valence-corrected chi connectivity index (χ1v) is 8.13. The number of anilines is 1. The van der Waals surface area contributed by atoms with Crippen molar-refractivity contribution in [3.05, 3.63) is 26.6 Å². The van der Waals surface area contributed by atoms with Gasteiger partial charge in [-0.05, 0) is 35.0 Å². The molecule has 1 aromatic rings. The lowest BCUT2D eigenvalue weighted by atomic mass is 10.1. The number of ether oxygens (including phenoxy) is 1. The number of halogens is 2. The second-order valence-corrected chi connectivity index (χ2v) is 5.93. The van der Waals surface area contributed by atoms with Crippen LogP contribution in [-0.2, 0) is 4.74 Å². The molecule has 0 aromatic heterocycles. The van der Waals surface area contributed by atoms with Crippen LogP contribution >= 0.6 is 31.9 Å². The molecular formula is C13H18Br2N4O3. The first kappa shape index (κ1) is 18.7. The molecule has 0 saturated heterocycles. The van der Waals surface area contributed by atoms with Crippen molar-refractivity contribution in [2.45, 2.75) is 13.8 Å². The Morgan fingerprint density at radius 3 is 2.45 bits per heavy atom. The van der Waals surface area contributed by atoms with Gasteiger partial charge in [0.05, 0.1) is 18.4 Å². The van der Waals surface area contributed by atoms with E-state index < -0.39 is 12.0 Å². The Hall–Kier alpha value is -1.32. The molecule has 0 aliphatic rings. The highest BCUT2D eigenvalue weighted by Gasteiger charge is 2.28. The van der Waals surface area contributed by atoms with Gasteiger partial charge < -0.3 is 10.5 Å². The third-order valence-electron chi connectivity index (χ3n) is 2.76. The number of amides is 2. The predicted molar refractivity (Wildman–Crippen MR) is 90.9 cm³/mol. The topological polar surface area (TPSA) is 87.9 Å². The van der Waals surface area contributed by atoms with Crippen molar-refractivity contribution < 1.29 is 14.3 Å². The predicted octanol–water partition coefficient (Wildman–Crippen LogP) is 2.76. The molecule has 0 bridgehead atoms. The van der Waals surface area contributed by atoms with Crippen LogP contribution < -0.4 is 11.2 Å². The fourth-order valence-electron chi connectivity index (χ4n) is 1.76. The maximum atomic E-state index is 12.8. The Balaban J connectivity index is 3.23. The summed E-state index contributed by atoms with van der Waals surface area (Å²) < 4.78 is 5.98. The molecule has 0 aliphatic carbocycles. The summed E-state index contributed by atoms with van der Waals surface area (Å²) in [4.78, 5) is 24.6. The summed E-state index contributed by atoms with van der Waals surface area (Å²) in [5.74, 6) is -0.423. The molecule has 1 rings (SSSR count). The maximum absolute atomic E-state index is 12.8. The Kier molecular flexibility index (Phi) is 7.11. The van der Waals surface area contributed by atoms with E-state index in [4.69, 9.17) is 10.5 Å². The quantitative estimate of drug-likeness (QED) is 0.558. The van der Waals surface area contributed by atoms with E-state index >= 15 is 0 Å². The number of benzene rings is 1. The Labute approximate surface area is 146 Å². The molecule has 0 fully saturated rings. The zero-order valence-electron chi connectivity index (χ0n) is 12.5. The summed E-state index contributed by atoms with van der Waals surface area (Å²) in [6.45, 7) is 4.24. The lowest BCUT2D eigenvalue weighted by Gasteiger charge is -2.32. The molecule has 22 heavy (non-hydrogen) atoms. The fraction of sp³-hybridized carbons (Fsp3) is 0.385. The molecule has 0 saturated carbocycles. The van der Waals surface area contributed by atoms with E-state index in [-0.39, 0.29) is 12.1 Å². The first-order valence-electron chi connectivity index (χ1n) is 6.55. The second-order valence-electron chi connectivity index (χ2n) is 4.16. The van der Waals surface area contributed by atoms with Gasteiger partial charge in [0.2, 0.25) is 0 Å². The Morgan fingerprint density at radius 1 is 1.32 bits per heavy atom. The van der Waals surface area contributed by atoms with E-state index in [1.165, 1.54) is 12.1 Å². The van der Waals surface area contributed by atoms with Crippen molar-refractivity contribution in [2.24, 2.45) is 0 Å². The molecule has 0 atom stereocenters. The largest absolute Gasteiger partial charge is 0.451 e. The zero-order chi connectivity index (χ0) is 16.9. The van der Waals surface area contributed by atoms with Crippen LogP contribution in [0.5, 0.6) is 0 Å². The van der Waals surface area contributed by atoms with Gasteiger partial charge in [0, 0.05) is 22.0 Å². The number of nitrogens with one attached hydrogen (secondary N) is 1. The van der Waals surface area contributed by atoms with Gasteiger partial charge in [0.1, 0.15) is 0 Å². The van der Waals surface area contributed by atoms with Gasteiger partial charge >= 0.3 is 6.09 Å². The second kappa shape index (κ2) is 8.35. The van der Waals surface area contributed by atoms with E-state index in [1.807, 2.05) is 0 Å². The molecular weight excluding hydrogens is 420 g/mol. The van der Waals surface area contributed by atoms with Gasteiger partial charge in [-0.2, -0.15) is 0 Å². The SMILES string of the molecule is CCNN(C(=O)OC)N(CC)C(=O)c1cc(Br)cc(Br)c1N. The number of rotatable bonds is 4. The summed E-state index contributed by atoms with van der Waals surface area (Å²) in [6, 6.07) is 3.34. The summed E-state index contributed by atoms with van der Waals surface area (Å²) in [5.41, 5.74) is 9.31. The lowest BCUT2D eigenvalue weighted by molar-refractivity contribution is -0.0318. The number of hydrazine groups is 2. The van der Waals surface area contributed by atoms with Gasteiger partial charge in [-0.25, -0.2) is 15.2 Å². The number of nitrogens with zero attached hydrogens (tertiary/aromatic N) is 2. The number of nitrogen functional groups attached to an aromatic ring is 1. The van der Waals surface area contributed by atoms with Crippen molar-refractivity contribution in [1.29, 1.82) is 0 Å². The third-order valence-corrected chi connectivity index (χ3v) is 3.87. The molecule has 0 aliphatic heterocycles. The van der Waals surface area contributed by atoms with E-state index in [2.05, 4.69) is 37.3 Å². The molecule has 9 heteroatoms. The minimum atomic E-state index is -0.690. The van der Waals surface area contributed by atoms with Gasteiger partial charge in [-0.1, -0.05) is 22.9 Å². The average molecular weight is 438 g/mol. The lowest BCUT2D eigenvalue weighted by Crippen LogP contribution is -2.56. The van der Waals surface area contributed by atoms with Gasteiger partial charge in [0.25, 0.3) is 5.91 Å². The smallest absolute Gasteiger partial charge is 0.443 e. The van der Waals surface area contributed by atoms with Crippen LogP contribution in [0.15, 0.2) is 21.1 Å². The van der Waals surface area contributed by atoms with Crippen molar-refractivity contribution in [3.8, 4) is 0 Å². The third kappa shape index (κ3) is 4.11. The summed E-state index contributed by atoms with van der Waals surface area (Å²) in [7, 11) is 1.25. The molecule has 0 heterocycles. The summed E-state index contributed by atoms with van der Waals surface area (Å²) >= 11 is 6.62. The number of hydrogen-bond donors (Lipinski definition) is 2. The highest BCUT2D eigenvalue weighted by molar-refractivity contribution is 9.11. The van der Waals surface area contributed by atoms with Crippen LogP contribution in [0.25, 0.3) is 0 Å². The molecule has 7 nitrogen and oxygen atoms in total. The normalized spacial score (nSPS) is 10.2. The van der Waals surface area contributed by atoms with E-state index in [0.29, 0.717) is 21.2 Å². The van der Waals surface area contributed by atoms with Crippen LogP contribution in [0.3, 0.4) is 0 Å². The first-order chi connectivity index (χ1) is 10.4. The highest BCUT2D eigenvalue weighted by Crippen LogP contribution is 2.29. The van der Waals surface area contributed by atoms with Crippen LogP contribution in [0.1, 0.15) is 24.2 Å². The number of methoxy groups -OCH3 is 1.